The summed E-state index contributed by atoms with van der Waals surface area (Å²) in [5, 5.41) is 1.00. The molecule has 5 nitrogen and oxygen atoms in total. The van der Waals surface area contributed by atoms with Gasteiger partial charge in [-0.25, -0.2) is 9.37 Å². The van der Waals surface area contributed by atoms with E-state index in [-0.39, 0.29) is 16.6 Å². The highest BCUT2D eigenvalue weighted by Crippen LogP contribution is 2.43. The van der Waals surface area contributed by atoms with Crippen molar-refractivity contribution in [2.45, 2.75) is 26.0 Å². The minimum absolute atomic E-state index is 0.0860. The second-order valence-electron chi connectivity index (χ2n) is 7.78. The van der Waals surface area contributed by atoms with E-state index in [2.05, 4.69) is 22.0 Å². The molecule has 2 N–H and O–H groups in total. The fourth-order valence-corrected chi connectivity index (χ4v) is 5.55. The third-order valence-corrected chi connectivity index (χ3v) is 7.45. The van der Waals surface area contributed by atoms with E-state index in [4.69, 9.17) is 38.1 Å². The maximum Gasteiger partial charge on any atom is 0.205 e. The molecule has 0 bridgehead atoms. The number of benzene rings is 1. The van der Waals surface area contributed by atoms with Gasteiger partial charge in [0.2, 0.25) is 5.75 Å². The Morgan fingerprint density at radius 1 is 1.28 bits per heavy atom. The van der Waals surface area contributed by atoms with Gasteiger partial charge in [-0.1, -0.05) is 23.2 Å². The van der Waals surface area contributed by atoms with Gasteiger partial charge >= 0.3 is 0 Å². The van der Waals surface area contributed by atoms with Crippen LogP contribution in [-0.4, -0.2) is 23.0 Å². The fourth-order valence-electron chi connectivity index (χ4n) is 3.80. The zero-order valence-corrected chi connectivity index (χ0v) is 19.5. The Hall–Kier alpha value is -2.32. The smallest absolute Gasteiger partial charge is 0.205 e. The lowest BCUT2D eigenvalue weighted by Gasteiger charge is -2.29. The number of fused-ring (bicyclic) bond motifs is 1. The van der Waals surface area contributed by atoms with Gasteiger partial charge < -0.3 is 14.9 Å². The van der Waals surface area contributed by atoms with Crippen molar-refractivity contribution >= 4 is 51.3 Å². The monoisotopic (exact) mass is 491 g/mol. The first-order valence-corrected chi connectivity index (χ1v) is 11.8. The Morgan fingerprint density at radius 3 is 2.84 bits per heavy atom. The third-order valence-electron chi connectivity index (χ3n) is 5.64. The van der Waals surface area contributed by atoms with E-state index in [1.165, 1.54) is 23.4 Å². The summed E-state index contributed by atoms with van der Waals surface area (Å²) >= 11 is 14.1. The molecule has 4 aromatic rings. The van der Waals surface area contributed by atoms with Crippen molar-refractivity contribution in [2.75, 3.05) is 18.8 Å². The van der Waals surface area contributed by atoms with Crippen molar-refractivity contribution < 1.29 is 13.5 Å². The van der Waals surface area contributed by atoms with Crippen LogP contribution in [0.3, 0.4) is 0 Å². The zero-order chi connectivity index (χ0) is 22.4. The minimum Gasteiger partial charge on any atom is -0.478 e. The van der Waals surface area contributed by atoms with E-state index in [1.54, 1.807) is 30.7 Å². The van der Waals surface area contributed by atoms with E-state index in [9.17, 15) is 4.39 Å². The Bertz CT molecular complexity index is 1300. The molecule has 5 rings (SSSR count). The Balaban J connectivity index is 1.48. The zero-order valence-electron chi connectivity index (χ0n) is 17.2. The number of ether oxygens (including phenoxy) is 1. The molecule has 1 saturated heterocycles. The number of hydrogen-bond donors (Lipinski definition) is 1. The maximum atomic E-state index is 14.0. The Kier molecular flexibility index (Phi) is 5.75. The largest absolute Gasteiger partial charge is 0.478 e. The highest BCUT2D eigenvalue weighted by Gasteiger charge is 2.24. The summed E-state index contributed by atoms with van der Waals surface area (Å²) in [5.41, 5.74) is 7.84. The molecule has 166 valence electrons. The number of nitrogens with two attached hydrogens (primary N) is 1. The fraction of sp³-hybridized carbons (Fsp3) is 0.261. The summed E-state index contributed by atoms with van der Waals surface area (Å²) < 4.78 is 25.9. The molecule has 1 aliphatic heterocycles. The van der Waals surface area contributed by atoms with Crippen molar-refractivity contribution in [1.29, 1.82) is 0 Å². The number of hydrogen-bond acceptors (Lipinski definition) is 6. The van der Waals surface area contributed by atoms with Crippen LogP contribution in [0.2, 0.25) is 10.0 Å². The first-order chi connectivity index (χ1) is 15.4. The first kappa shape index (κ1) is 21.5. The van der Waals surface area contributed by atoms with Crippen molar-refractivity contribution in [2.24, 2.45) is 0 Å². The lowest BCUT2D eigenvalue weighted by atomic mass is 10.1. The van der Waals surface area contributed by atoms with Crippen LogP contribution in [0, 0.1) is 5.82 Å². The summed E-state index contributed by atoms with van der Waals surface area (Å²) in [7, 11) is 0. The van der Waals surface area contributed by atoms with Crippen LogP contribution in [0.5, 0.6) is 5.75 Å². The average molecular weight is 492 g/mol. The number of halogens is 3. The number of aromatic nitrogens is 1. The number of pyridine rings is 1. The average Bonchev–Trinajstić information content (AvgIpc) is 3.37. The van der Waals surface area contributed by atoms with Crippen molar-refractivity contribution in [3.8, 4) is 16.2 Å². The van der Waals surface area contributed by atoms with Gasteiger partial charge in [0.25, 0.3) is 0 Å². The molecule has 0 unspecified atom stereocenters. The second kappa shape index (κ2) is 8.56. The highest BCUT2D eigenvalue weighted by atomic mass is 35.5. The number of nitrogens with zero attached hydrogens (tertiary/aromatic N) is 2. The van der Waals surface area contributed by atoms with Gasteiger partial charge in [0.1, 0.15) is 18.2 Å². The van der Waals surface area contributed by atoms with Crippen LogP contribution >= 0.6 is 34.5 Å². The summed E-state index contributed by atoms with van der Waals surface area (Å²) in [6, 6.07) is 6.90. The topological polar surface area (TPSA) is 64.5 Å². The molecule has 3 aromatic heterocycles. The van der Waals surface area contributed by atoms with Gasteiger partial charge in [-0.2, -0.15) is 0 Å². The molecule has 1 aromatic carbocycles. The van der Waals surface area contributed by atoms with Crippen molar-refractivity contribution in [1.82, 2.24) is 9.88 Å². The molecule has 32 heavy (non-hydrogen) atoms. The molecule has 0 radical (unpaired) electrons. The lowest BCUT2D eigenvalue weighted by molar-refractivity contribution is 0.174. The van der Waals surface area contributed by atoms with Crippen molar-refractivity contribution in [3.63, 3.8) is 0 Å². The number of thiophene rings is 1. The van der Waals surface area contributed by atoms with Crippen molar-refractivity contribution in [3.05, 3.63) is 63.0 Å². The van der Waals surface area contributed by atoms with Crippen LogP contribution in [-0.2, 0) is 6.54 Å². The molecule has 0 amide bonds. The second-order valence-corrected chi connectivity index (χ2v) is 9.73. The van der Waals surface area contributed by atoms with Crippen LogP contribution in [0.25, 0.3) is 21.4 Å². The Morgan fingerprint density at radius 2 is 2.09 bits per heavy atom. The SMILES string of the molecule is C[C@@H](Oc1c(N)ncc2c(-c3ccc(CN4CCC4)s3)coc12)c1c(Cl)ccc(F)c1Cl. The van der Waals surface area contributed by atoms with Gasteiger partial charge in [0.15, 0.2) is 11.4 Å². The lowest BCUT2D eigenvalue weighted by Crippen LogP contribution is -2.35. The molecule has 4 heterocycles. The van der Waals surface area contributed by atoms with Gasteiger partial charge in [-0.05, 0) is 50.7 Å². The Labute approximate surface area is 198 Å². The highest BCUT2D eigenvalue weighted by molar-refractivity contribution is 7.15. The number of rotatable bonds is 6. The van der Waals surface area contributed by atoms with Crippen LogP contribution < -0.4 is 10.5 Å². The molecule has 1 aliphatic rings. The van der Waals surface area contributed by atoms with E-state index >= 15 is 0 Å². The number of furan rings is 1. The molecular formula is C23H20Cl2FN3O2S. The normalized spacial score (nSPS) is 15.1. The van der Waals surface area contributed by atoms with E-state index in [0.29, 0.717) is 16.2 Å². The summed E-state index contributed by atoms with van der Waals surface area (Å²) in [6.45, 7) is 5.00. The predicted octanol–water partition coefficient (Wildman–Crippen LogP) is 6.93. The molecule has 9 heteroatoms. The number of nitrogen functional groups attached to an aromatic ring is 1. The first-order valence-electron chi connectivity index (χ1n) is 10.2. The molecule has 0 spiro atoms. The summed E-state index contributed by atoms with van der Waals surface area (Å²) in [4.78, 5) is 9.11. The van der Waals surface area contributed by atoms with Crippen LogP contribution in [0.1, 0.15) is 29.9 Å². The maximum absolute atomic E-state index is 14.0. The third kappa shape index (κ3) is 3.83. The minimum atomic E-state index is -0.682. The molecule has 1 fully saturated rings. The predicted molar refractivity (Wildman–Crippen MR) is 127 cm³/mol. The molecular weight excluding hydrogens is 472 g/mol. The van der Waals surface area contributed by atoms with E-state index < -0.39 is 11.9 Å². The summed E-state index contributed by atoms with van der Waals surface area (Å²) in [6.07, 6.45) is 3.95. The van der Waals surface area contributed by atoms with Crippen LogP contribution in [0.15, 0.2) is 41.1 Å². The summed E-state index contributed by atoms with van der Waals surface area (Å²) in [5.74, 6) is -0.133. The van der Waals surface area contributed by atoms with Gasteiger partial charge in [0.05, 0.1) is 10.4 Å². The van der Waals surface area contributed by atoms with E-state index in [1.807, 2.05) is 0 Å². The van der Waals surface area contributed by atoms with Crippen LogP contribution in [0.4, 0.5) is 10.2 Å². The van der Waals surface area contributed by atoms with Gasteiger partial charge in [-0.3, -0.25) is 4.90 Å². The standard InChI is InChI=1S/C23H20Cl2FN3O2S/c1-12(19-16(24)4-5-17(26)20(19)25)31-22-21-14(9-28-23(22)27)15(11-30-21)18-6-3-13(32-18)10-29-7-2-8-29/h3-6,9,11-12H,2,7-8,10H2,1H3,(H2,27,28)/t12-/m1/s1. The van der Waals surface area contributed by atoms with Gasteiger partial charge in [0, 0.05) is 38.6 Å². The van der Waals surface area contributed by atoms with Gasteiger partial charge in [-0.15, -0.1) is 11.3 Å². The molecule has 0 saturated carbocycles. The quantitative estimate of drug-likeness (QED) is 0.296. The number of anilines is 1. The molecule has 0 aliphatic carbocycles. The number of likely N-dealkylation sites (tertiary alicyclic amines) is 1. The molecule has 1 atom stereocenters. The van der Waals surface area contributed by atoms with E-state index in [0.717, 1.165) is 35.5 Å².